The topological polar surface area (TPSA) is 21.3 Å². The Bertz CT molecular complexity index is 418. The Hall–Kier alpha value is -1.02. The number of ether oxygens (including phenoxy) is 1. The lowest BCUT2D eigenvalue weighted by molar-refractivity contribution is 0.0944. The first-order valence-electron chi connectivity index (χ1n) is 7.84. The van der Waals surface area contributed by atoms with Crippen molar-refractivity contribution in [2.24, 2.45) is 5.92 Å². The fourth-order valence-electron chi connectivity index (χ4n) is 3.00. The van der Waals surface area contributed by atoms with Crippen molar-refractivity contribution in [3.63, 3.8) is 0 Å². The fraction of sp³-hybridized carbons (Fsp3) is 0.667. The van der Waals surface area contributed by atoms with Gasteiger partial charge < -0.3 is 10.1 Å². The van der Waals surface area contributed by atoms with Crippen LogP contribution < -0.4 is 10.1 Å². The fourth-order valence-corrected chi connectivity index (χ4v) is 3.00. The molecule has 0 aromatic heterocycles. The van der Waals surface area contributed by atoms with E-state index in [4.69, 9.17) is 4.74 Å². The zero-order chi connectivity index (χ0) is 14.8. The molecular formula is C18H29NO. The summed E-state index contributed by atoms with van der Waals surface area (Å²) in [5.41, 5.74) is 1.55. The Kier molecular flexibility index (Phi) is 4.74. The van der Waals surface area contributed by atoms with Crippen LogP contribution in [0.15, 0.2) is 24.3 Å². The molecule has 1 fully saturated rings. The largest absolute Gasteiger partial charge is 0.489 e. The molecular weight excluding hydrogens is 246 g/mol. The van der Waals surface area contributed by atoms with Crippen molar-refractivity contribution in [3.05, 3.63) is 29.8 Å². The Balaban J connectivity index is 2.05. The van der Waals surface area contributed by atoms with Crippen LogP contribution >= 0.6 is 0 Å². The number of hydrogen-bond acceptors (Lipinski definition) is 2. The quantitative estimate of drug-likeness (QED) is 0.895. The molecule has 20 heavy (non-hydrogen) atoms. The summed E-state index contributed by atoms with van der Waals surface area (Å²) in [5.74, 6) is 1.76. The monoisotopic (exact) mass is 275 g/mol. The standard InChI is InChI=1S/C18H29NO/c1-13-6-11-16(19-5)17(12-13)20-15-9-7-14(8-10-15)18(2,3)4/h7-10,13,16-17,19H,6,11-12H2,1-5H3. The van der Waals surface area contributed by atoms with Gasteiger partial charge in [-0.05, 0) is 55.3 Å². The third kappa shape index (κ3) is 3.76. The summed E-state index contributed by atoms with van der Waals surface area (Å²) in [6.45, 7) is 9.04. The van der Waals surface area contributed by atoms with Crippen LogP contribution in [0.1, 0.15) is 52.5 Å². The van der Waals surface area contributed by atoms with E-state index in [9.17, 15) is 0 Å². The first-order chi connectivity index (χ1) is 9.40. The van der Waals surface area contributed by atoms with Gasteiger partial charge in [0.2, 0.25) is 0 Å². The van der Waals surface area contributed by atoms with Crippen LogP contribution in [0.3, 0.4) is 0 Å². The van der Waals surface area contributed by atoms with Gasteiger partial charge in [-0.15, -0.1) is 0 Å². The Labute approximate surface area is 123 Å². The average Bonchev–Trinajstić information content (AvgIpc) is 2.38. The molecule has 1 aromatic rings. The van der Waals surface area contributed by atoms with Gasteiger partial charge in [0.15, 0.2) is 0 Å². The molecule has 0 bridgehead atoms. The maximum absolute atomic E-state index is 6.23. The number of likely N-dealkylation sites (N-methyl/N-ethyl adjacent to an activating group) is 1. The van der Waals surface area contributed by atoms with E-state index >= 15 is 0 Å². The predicted octanol–water partition coefficient (Wildman–Crippen LogP) is 4.14. The lowest BCUT2D eigenvalue weighted by atomic mass is 9.85. The minimum atomic E-state index is 0.200. The molecule has 1 aliphatic rings. The summed E-state index contributed by atoms with van der Waals surface area (Å²) in [6.07, 6.45) is 3.95. The summed E-state index contributed by atoms with van der Waals surface area (Å²) >= 11 is 0. The molecule has 0 saturated heterocycles. The van der Waals surface area contributed by atoms with Gasteiger partial charge in [0.1, 0.15) is 11.9 Å². The summed E-state index contributed by atoms with van der Waals surface area (Å²) in [5, 5.41) is 3.41. The molecule has 1 aromatic carbocycles. The maximum atomic E-state index is 6.23. The molecule has 0 aliphatic heterocycles. The minimum Gasteiger partial charge on any atom is -0.489 e. The molecule has 3 unspecified atom stereocenters. The Morgan fingerprint density at radius 1 is 1.10 bits per heavy atom. The molecule has 2 heteroatoms. The van der Waals surface area contributed by atoms with Crippen molar-refractivity contribution < 1.29 is 4.74 Å². The van der Waals surface area contributed by atoms with Gasteiger partial charge in [-0.25, -0.2) is 0 Å². The molecule has 1 saturated carbocycles. The first kappa shape index (κ1) is 15.4. The molecule has 1 aliphatic carbocycles. The number of hydrogen-bond donors (Lipinski definition) is 1. The Morgan fingerprint density at radius 3 is 2.30 bits per heavy atom. The predicted molar refractivity (Wildman–Crippen MR) is 85.4 cm³/mol. The van der Waals surface area contributed by atoms with Gasteiger partial charge in [-0.3, -0.25) is 0 Å². The molecule has 0 spiro atoms. The van der Waals surface area contributed by atoms with Gasteiger partial charge in [0.05, 0.1) is 0 Å². The third-order valence-electron chi connectivity index (χ3n) is 4.43. The second-order valence-electron chi connectivity index (χ2n) is 7.24. The first-order valence-corrected chi connectivity index (χ1v) is 7.84. The number of rotatable bonds is 3. The van der Waals surface area contributed by atoms with E-state index in [1.54, 1.807) is 0 Å². The lowest BCUT2D eigenvalue weighted by Crippen LogP contribution is -2.45. The molecule has 1 N–H and O–H groups in total. The van der Waals surface area contributed by atoms with E-state index in [1.807, 2.05) is 7.05 Å². The highest BCUT2D eigenvalue weighted by molar-refractivity contribution is 5.31. The summed E-state index contributed by atoms with van der Waals surface area (Å²) in [7, 11) is 2.04. The van der Waals surface area contributed by atoms with Gasteiger partial charge in [-0.2, -0.15) is 0 Å². The molecule has 112 valence electrons. The van der Waals surface area contributed by atoms with E-state index in [1.165, 1.54) is 18.4 Å². The normalized spacial score (nSPS) is 27.4. The van der Waals surface area contributed by atoms with Crippen LogP contribution in [0.2, 0.25) is 0 Å². The molecule has 2 nitrogen and oxygen atoms in total. The molecule has 0 radical (unpaired) electrons. The van der Waals surface area contributed by atoms with Crippen LogP contribution in [0.25, 0.3) is 0 Å². The molecule has 3 atom stereocenters. The SMILES string of the molecule is CNC1CCC(C)CC1Oc1ccc(C(C)(C)C)cc1. The van der Waals surface area contributed by atoms with Crippen molar-refractivity contribution >= 4 is 0 Å². The van der Waals surface area contributed by atoms with Gasteiger partial charge in [0.25, 0.3) is 0 Å². The van der Waals surface area contributed by atoms with E-state index < -0.39 is 0 Å². The molecule has 0 heterocycles. The van der Waals surface area contributed by atoms with Crippen molar-refractivity contribution in [2.75, 3.05) is 7.05 Å². The van der Waals surface area contributed by atoms with Crippen molar-refractivity contribution in [1.29, 1.82) is 0 Å². The van der Waals surface area contributed by atoms with Crippen LogP contribution in [0.4, 0.5) is 0 Å². The summed E-state index contributed by atoms with van der Waals surface area (Å²) in [4.78, 5) is 0. The third-order valence-corrected chi connectivity index (χ3v) is 4.43. The van der Waals surface area contributed by atoms with Gasteiger partial charge in [-0.1, -0.05) is 39.8 Å². The van der Waals surface area contributed by atoms with E-state index in [0.717, 1.165) is 18.1 Å². The van der Waals surface area contributed by atoms with Crippen molar-refractivity contribution in [2.45, 2.75) is 64.5 Å². The van der Waals surface area contributed by atoms with Crippen molar-refractivity contribution in [1.82, 2.24) is 5.32 Å². The smallest absolute Gasteiger partial charge is 0.119 e. The van der Waals surface area contributed by atoms with E-state index in [2.05, 4.69) is 57.3 Å². The highest BCUT2D eigenvalue weighted by Crippen LogP contribution is 2.29. The molecule has 0 amide bonds. The lowest BCUT2D eigenvalue weighted by Gasteiger charge is -2.35. The highest BCUT2D eigenvalue weighted by atomic mass is 16.5. The number of benzene rings is 1. The van der Waals surface area contributed by atoms with Gasteiger partial charge in [0, 0.05) is 6.04 Å². The van der Waals surface area contributed by atoms with Crippen LogP contribution in [0.5, 0.6) is 5.75 Å². The van der Waals surface area contributed by atoms with Gasteiger partial charge >= 0.3 is 0 Å². The van der Waals surface area contributed by atoms with Crippen LogP contribution in [-0.4, -0.2) is 19.2 Å². The van der Waals surface area contributed by atoms with Crippen molar-refractivity contribution in [3.8, 4) is 5.75 Å². The van der Waals surface area contributed by atoms with Crippen LogP contribution in [-0.2, 0) is 5.41 Å². The second kappa shape index (κ2) is 6.17. The minimum absolute atomic E-state index is 0.200. The summed E-state index contributed by atoms with van der Waals surface area (Å²) < 4.78 is 6.23. The second-order valence-corrected chi connectivity index (χ2v) is 7.24. The number of nitrogens with one attached hydrogen (secondary N) is 1. The van der Waals surface area contributed by atoms with E-state index in [0.29, 0.717) is 12.1 Å². The van der Waals surface area contributed by atoms with E-state index in [-0.39, 0.29) is 5.41 Å². The average molecular weight is 275 g/mol. The highest BCUT2D eigenvalue weighted by Gasteiger charge is 2.29. The summed E-state index contributed by atoms with van der Waals surface area (Å²) in [6, 6.07) is 9.10. The Morgan fingerprint density at radius 2 is 1.75 bits per heavy atom. The van der Waals surface area contributed by atoms with Crippen LogP contribution in [0, 0.1) is 5.92 Å². The zero-order valence-electron chi connectivity index (χ0n) is 13.6. The zero-order valence-corrected chi connectivity index (χ0v) is 13.6. The molecule has 2 rings (SSSR count). The maximum Gasteiger partial charge on any atom is 0.119 e.